The zero-order valence-electron chi connectivity index (χ0n) is 25.6. The van der Waals surface area contributed by atoms with Gasteiger partial charge in [-0.2, -0.15) is 0 Å². The topological polar surface area (TPSA) is 365 Å². The second-order valence-electron chi connectivity index (χ2n) is 12.0. The first-order chi connectivity index (χ1) is 23.4. The van der Waals surface area contributed by atoms with Crippen LogP contribution >= 0.6 is 13.5 Å². The quantitative estimate of drug-likeness (QED) is 0.0643. The highest BCUT2D eigenvalue weighted by atomic mass is 32.7. The van der Waals surface area contributed by atoms with Gasteiger partial charge in [0.2, 0.25) is 13.5 Å². The van der Waals surface area contributed by atoms with Gasteiger partial charge in [0.25, 0.3) is 5.85 Å². The molecule has 4 fully saturated rings. The van der Waals surface area contributed by atoms with Gasteiger partial charge in [-0.1, -0.05) is 4.57 Å². The van der Waals surface area contributed by atoms with E-state index in [1.54, 1.807) is 0 Å². The Labute approximate surface area is 294 Å². The van der Waals surface area contributed by atoms with Gasteiger partial charge in [0.05, 0.1) is 26.4 Å². The third-order valence-electron chi connectivity index (χ3n) is 8.73. The fourth-order valence-electron chi connectivity index (χ4n) is 5.82. The van der Waals surface area contributed by atoms with Gasteiger partial charge in [0.1, 0.15) is 91.6 Å². The minimum absolute atomic E-state index is 0.807. The molecule has 4 aliphatic rings. The molecule has 50 heavy (non-hydrogen) atoms. The molecule has 0 bridgehead atoms. The first-order valence-electron chi connectivity index (χ1n) is 15.1. The summed E-state index contributed by atoms with van der Waals surface area (Å²) in [5.74, 6) is -3.50. The summed E-state index contributed by atoms with van der Waals surface area (Å²) in [5, 5.41) is 134. The predicted octanol–water partition coefficient (Wildman–Crippen LogP) is -8.15. The second-order valence-corrected chi connectivity index (χ2v) is 17.6. The Morgan fingerprint density at radius 3 is 1.50 bits per heavy atom. The molecule has 0 aromatic heterocycles. The van der Waals surface area contributed by atoms with Crippen LogP contribution in [0.5, 0.6) is 0 Å². The predicted molar refractivity (Wildman–Crippen MR) is 163 cm³/mol. The van der Waals surface area contributed by atoms with Crippen LogP contribution in [0.4, 0.5) is 0 Å². The van der Waals surface area contributed by atoms with Crippen molar-refractivity contribution < 1.29 is 109 Å². The summed E-state index contributed by atoms with van der Waals surface area (Å²) >= 11 is 9.75. The first-order valence-corrected chi connectivity index (χ1v) is 20.1. The molecule has 4 saturated heterocycles. The van der Waals surface area contributed by atoms with E-state index in [0.717, 1.165) is 0 Å². The van der Waals surface area contributed by atoms with Crippen molar-refractivity contribution in [2.24, 2.45) is 0 Å². The van der Waals surface area contributed by atoms with Gasteiger partial charge in [0.15, 0.2) is 24.5 Å². The second kappa shape index (κ2) is 17.8. The van der Waals surface area contributed by atoms with Crippen molar-refractivity contribution in [1.29, 1.82) is 0 Å². The number of aliphatic hydroxyl groups excluding tert-OH is 13. The highest BCUT2D eigenvalue weighted by molar-refractivity contribution is 8.28. The van der Waals surface area contributed by atoms with Gasteiger partial charge in [-0.05, 0) is 11.8 Å². The molecule has 0 aromatic rings. The van der Waals surface area contributed by atoms with Gasteiger partial charge in [0, 0.05) is 0 Å². The minimum Gasteiger partial charge on any atom is -0.443 e. The van der Waals surface area contributed by atoms with E-state index in [1.807, 2.05) is 0 Å². The monoisotopic (exact) mass is 808 g/mol. The molecule has 0 amide bonds. The van der Waals surface area contributed by atoms with E-state index < -0.39 is 162 Å². The molecule has 0 aromatic carbocycles. The van der Waals surface area contributed by atoms with Gasteiger partial charge in [-0.3, -0.25) is 0 Å². The molecule has 22 atom stereocenters. The molecule has 4 heterocycles. The molecule has 0 spiro atoms. The minimum atomic E-state index is -4.45. The van der Waals surface area contributed by atoms with E-state index in [2.05, 4.69) is 12.2 Å². The average molecular weight is 809 g/mol. The lowest BCUT2D eigenvalue weighted by Gasteiger charge is -2.47. The van der Waals surface area contributed by atoms with Crippen molar-refractivity contribution in [2.75, 3.05) is 26.4 Å². The smallest absolute Gasteiger partial charge is 0.262 e. The third kappa shape index (κ3) is 8.87. The van der Waals surface area contributed by atoms with Gasteiger partial charge in [-0.15, -0.1) is 0 Å². The van der Waals surface area contributed by atoms with Crippen LogP contribution in [0.15, 0.2) is 0 Å². The van der Waals surface area contributed by atoms with E-state index >= 15 is 0 Å². The molecule has 0 saturated carbocycles. The fraction of sp³-hybridized carbons (Fsp3) is 1.00. The van der Waals surface area contributed by atoms with Gasteiger partial charge < -0.3 is 116 Å². The maximum absolute atomic E-state index is 11.8. The van der Waals surface area contributed by atoms with Crippen LogP contribution in [0.1, 0.15) is 0 Å². The van der Waals surface area contributed by atoms with Crippen LogP contribution in [0, 0.1) is 0 Å². The number of hydrogen-bond acceptors (Lipinski definition) is 23. The Hall–Kier alpha value is 0.260. The van der Waals surface area contributed by atoms with E-state index in [-0.39, 0.29) is 0 Å². The molecule has 0 radical (unpaired) electrons. The molecular formula is C24H42O22P2S2. The molecule has 4 rings (SSSR count). The standard InChI is InChI=1S/C24H42O22P2S2/c25-1-5-9(28)11(30)15(34)21(41-5)46-20-7(3-27)44-24(18(37)14(20)33)48(39,50)40-4-8-10(29)12(31)16(35)22(42-8)45-19-6(2-26)43-23(47(38)49)17(36)13(19)32/h5-37H,1-4H2,(H,39,50)/t5-,6-,7-,8-,9+,10+,11+,12+,13-,14-,15-,16-,17+,18+,19-,20-,21+,22+,23-,24-,48?/m1/s1. The summed E-state index contributed by atoms with van der Waals surface area (Å²) in [4.78, 5) is 11.1. The highest BCUT2D eigenvalue weighted by Gasteiger charge is 2.55. The Balaban J connectivity index is 1.43. The Kier molecular flexibility index (Phi) is 15.3. The van der Waals surface area contributed by atoms with Crippen molar-refractivity contribution in [2.45, 2.75) is 122 Å². The number of rotatable bonds is 12. The lowest BCUT2D eigenvalue weighted by Crippen LogP contribution is -2.64. The fourth-order valence-corrected chi connectivity index (χ4v) is 9.11. The van der Waals surface area contributed by atoms with E-state index in [9.17, 15) is 75.8 Å². The van der Waals surface area contributed by atoms with Crippen LogP contribution in [-0.2, 0) is 61.6 Å². The maximum atomic E-state index is 11.8. The number of aliphatic hydroxyl groups is 13. The summed E-state index contributed by atoms with van der Waals surface area (Å²) in [6, 6.07) is 0. The lowest BCUT2D eigenvalue weighted by molar-refractivity contribution is -0.339. The summed E-state index contributed by atoms with van der Waals surface area (Å²) in [6.45, 7) is -7.96. The lowest BCUT2D eigenvalue weighted by atomic mass is 9.97. The Bertz CT molecular complexity index is 1180. The summed E-state index contributed by atoms with van der Waals surface area (Å²) in [7, 11) is -2.60. The molecule has 2 unspecified atom stereocenters. The van der Waals surface area contributed by atoms with Crippen molar-refractivity contribution in [3.63, 3.8) is 0 Å². The highest BCUT2D eigenvalue weighted by Crippen LogP contribution is 2.53. The summed E-state index contributed by atoms with van der Waals surface area (Å²) in [5.41, 5.74) is 0. The van der Waals surface area contributed by atoms with Crippen LogP contribution in [0.3, 0.4) is 0 Å². The molecule has 292 valence electrons. The molecule has 26 heteroatoms. The molecule has 0 aliphatic carbocycles. The number of ether oxygens (including phenoxy) is 6. The van der Waals surface area contributed by atoms with Crippen molar-refractivity contribution in [1.82, 2.24) is 0 Å². The Morgan fingerprint density at radius 1 is 0.580 bits per heavy atom. The number of hydrogen-bond donors (Lipinski definition) is 14. The van der Waals surface area contributed by atoms with Crippen LogP contribution in [-0.4, -0.2) is 220 Å². The zero-order chi connectivity index (χ0) is 37.4. The third-order valence-corrected chi connectivity index (χ3v) is 12.7. The van der Waals surface area contributed by atoms with Crippen molar-refractivity contribution >= 4 is 37.6 Å². The average Bonchev–Trinajstić information content (AvgIpc) is 3.08. The zero-order valence-corrected chi connectivity index (χ0v) is 29.0. The molecule has 14 N–H and O–H groups in total. The molecule has 4 aliphatic heterocycles. The molecular weight excluding hydrogens is 766 g/mol. The van der Waals surface area contributed by atoms with Crippen LogP contribution in [0.2, 0.25) is 0 Å². The Morgan fingerprint density at radius 2 is 1.02 bits per heavy atom. The van der Waals surface area contributed by atoms with Crippen LogP contribution in [0.25, 0.3) is 0 Å². The summed E-state index contributed by atoms with van der Waals surface area (Å²) < 4.78 is 49.6. The largest absolute Gasteiger partial charge is 0.443 e. The van der Waals surface area contributed by atoms with Gasteiger partial charge in [-0.25, -0.2) is 0 Å². The van der Waals surface area contributed by atoms with Gasteiger partial charge >= 0.3 is 0 Å². The first kappa shape index (κ1) is 43.0. The van der Waals surface area contributed by atoms with Crippen molar-refractivity contribution in [3.8, 4) is 0 Å². The maximum Gasteiger partial charge on any atom is 0.262 e. The van der Waals surface area contributed by atoms with E-state index in [0.29, 0.717) is 0 Å². The summed E-state index contributed by atoms with van der Waals surface area (Å²) in [6.07, 6.45) is -32.7. The van der Waals surface area contributed by atoms with E-state index in [1.165, 1.54) is 0 Å². The SMILES string of the molecule is O=[P+]([S-])[C@H]1O[C@H](CO)[C@@H](O[C@@H]2O[C@H](COP(O)(=S)[C@H]3O[C@H](CO)[C@@H](O[C@@H]4O[C@H](CO)[C@H](O)[C@H](O)[C@H]4O)[C@H](O)[C@@H]3O)[C@H](O)[C@H](O)[C@H]2O)[C@H](O)[C@@H]1O. The normalized spacial score (nSPS) is 50.4. The van der Waals surface area contributed by atoms with Crippen molar-refractivity contribution in [3.05, 3.63) is 0 Å². The molecule has 22 nitrogen and oxygen atoms in total. The van der Waals surface area contributed by atoms with Crippen LogP contribution < -0.4 is 0 Å². The van der Waals surface area contributed by atoms with E-state index in [4.69, 9.17) is 44.8 Å².